The molecular weight excluding hydrogens is 260 g/mol. The van der Waals surface area contributed by atoms with Crippen molar-refractivity contribution in [3.8, 4) is 0 Å². The van der Waals surface area contributed by atoms with Crippen LogP contribution in [0.5, 0.6) is 0 Å². The number of carbonyl (C=O) groups is 1. The fourth-order valence-electron chi connectivity index (χ4n) is 1.79. The van der Waals surface area contributed by atoms with Gasteiger partial charge < -0.3 is 5.32 Å². The van der Waals surface area contributed by atoms with Gasteiger partial charge in [0.1, 0.15) is 0 Å². The van der Waals surface area contributed by atoms with Gasteiger partial charge in [-0.05, 0) is 36.6 Å². The van der Waals surface area contributed by atoms with E-state index in [-0.39, 0.29) is 5.91 Å². The Hall–Kier alpha value is -1.87. The molecule has 0 unspecified atom stereocenters. The van der Waals surface area contributed by atoms with E-state index >= 15 is 0 Å². The first kappa shape index (κ1) is 13.6. The van der Waals surface area contributed by atoms with Crippen molar-refractivity contribution in [2.45, 2.75) is 12.8 Å². The predicted octanol–water partition coefficient (Wildman–Crippen LogP) is 3.10. The van der Waals surface area contributed by atoms with Crippen molar-refractivity contribution < 1.29 is 4.79 Å². The fourth-order valence-corrected chi connectivity index (χ4v) is 2.02. The molecule has 1 N–H and O–H groups in total. The third-order valence-corrected chi connectivity index (χ3v) is 3.18. The molecule has 0 saturated carbocycles. The third kappa shape index (κ3) is 4.07. The summed E-state index contributed by atoms with van der Waals surface area (Å²) in [4.78, 5) is 15.6. The van der Waals surface area contributed by atoms with Gasteiger partial charge in [-0.15, -0.1) is 0 Å². The first-order chi connectivity index (χ1) is 9.27. The van der Waals surface area contributed by atoms with Crippen molar-refractivity contribution in [2.75, 3.05) is 6.54 Å². The first-order valence-electron chi connectivity index (χ1n) is 6.19. The van der Waals surface area contributed by atoms with Gasteiger partial charge in [0.2, 0.25) is 0 Å². The van der Waals surface area contributed by atoms with E-state index in [4.69, 9.17) is 11.6 Å². The number of carbonyl (C=O) groups excluding carboxylic acids is 1. The lowest BCUT2D eigenvalue weighted by Crippen LogP contribution is -2.24. The first-order valence-corrected chi connectivity index (χ1v) is 6.57. The summed E-state index contributed by atoms with van der Waals surface area (Å²) in [6.45, 7) is 0.631. The van der Waals surface area contributed by atoms with Gasteiger partial charge in [-0.25, -0.2) is 0 Å². The van der Waals surface area contributed by atoms with Crippen LogP contribution in [0.4, 0.5) is 0 Å². The molecule has 0 spiro atoms. The molecule has 0 bridgehead atoms. The monoisotopic (exact) mass is 274 g/mol. The van der Waals surface area contributed by atoms with E-state index in [1.807, 2.05) is 24.3 Å². The summed E-state index contributed by atoms with van der Waals surface area (Å²) in [5, 5.41) is 3.66. The van der Waals surface area contributed by atoms with E-state index in [0.717, 1.165) is 23.4 Å². The van der Waals surface area contributed by atoms with Gasteiger partial charge in [0, 0.05) is 29.5 Å². The molecule has 1 amide bonds. The Morgan fingerprint density at radius 1 is 1.16 bits per heavy atom. The van der Waals surface area contributed by atoms with Crippen molar-refractivity contribution in [2.24, 2.45) is 0 Å². The highest BCUT2D eigenvalue weighted by Gasteiger charge is 2.04. The van der Waals surface area contributed by atoms with Crippen LogP contribution in [0.25, 0.3) is 0 Å². The fraction of sp³-hybridized carbons (Fsp3) is 0.200. The van der Waals surface area contributed by atoms with Gasteiger partial charge in [-0.3, -0.25) is 9.78 Å². The summed E-state index contributed by atoms with van der Waals surface area (Å²) in [7, 11) is 0. The predicted molar refractivity (Wildman–Crippen MR) is 76.3 cm³/mol. The topological polar surface area (TPSA) is 42.0 Å². The molecule has 0 aliphatic heterocycles. The van der Waals surface area contributed by atoms with Gasteiger partial charge in [-0.1, -0.05) is 29.8 Å². The lowest BCUT2D eigenvalue weighted by Gasteiger charge is -2.06. The molecule has 0 atom stereocenters. The van der Waals surface area contributed by atoms with Crippen LogP contribution < -0.4 is 5.32 Å². The number of nitrogens with one attached hydrogen (secondary N) is 1. The SMILES string of the molecule is O=C(NCCCc1ccccc1Cl)c1ccncc1. The van der Waals surface area contributed by atoms with Gasteiger partial charge in [0.15, 0.2) is 0 Å². The molecule has 3 nitrogen and oxygen atoms in total. The number of nitrogens with zero attached hydrogens (tertiary/aromatic N) is 1. The summed E-state index contributed by atoms with van der Waals surface area (Å²) in [6, 6.07) is 11.2. The minimum atomic E-state index is -0.0680. The number of rotatable bonds is 5. The van der Waals surface area contributed by atoms with E-state index in [0.29, 0.717) is 12.1 Å². The van der Waals surface area contributed by atoms with Gasteiger partial charge in [0.25, 0.3) is 5.91 Å². The average molecular weight is 275 g/mol. The summed E-state index contributed by atoms with van der Waals surface area (Å²) in [5.74, 6) is -0.0680. The maximum Gasteiger partial charge on any atom is 0.251 e. The highest BCUT2D eigenvalue weighted by molar-refractivity contribution is 6.31. The lowest BCUT2D eigenvalue weighted by atomic mass is 10.1. The maximum absolute atomic E-state index is 11.8. The lowest BCUT2D eigenvalue weighted by molar-refractivity contribution is 0.0953. The van der Waals surface area contributed by atoms with Crippen LogP contribution in [-0.4, -0.2) is 17.4 Å². The Morgan fingerprint density at radius 2 is 1.89 bits per heavy atom. The zero-order valence-electron chi connectivity index (χ0n) is 10.5. The van der Waals surface area contributed by atoms with E-state index in [1.54, 1.807) is 24.5 Å². The third-order valence-electron chi connectivity index (χ3n) is 2.81. The summed E-state index contributed by atoms with van der Waals surface area (Å²) in [5.41, 5.74) is 1.75. The summed E-state index contributed by atoms with van der Waals surface area (Å²) in [6.07, 6.45) is 4.94. The van der Waals surface area contributed by atoms with Crippen LogP contribution in [0, 0.1) is 0 Å². The molecular formula is C15H15ClN2O. The highest BCUT2D eigenvalue weighted by Crippen LogP contribution is 2.16. The number of pyridine rings is 1. The van der Waals surface area contributed by atoms with E-state index in [9.17, 15) is 4.79 Å². The molecule has 0 aliphatic carbocycles. The standard InChI is InChI=1S/C15H15ClN2O/c16-14-6-2-1-4-12(14)5-3-9-18-15(19)13-7-10-17-11-8-13/h1-2,4,6-8,10-11H,3,5,9H2,(H,18,19). The number of hydrogen-bond donors (Lipinski definition) is 1. The second-order valence-electron chi connectivity index (χ2n) is 4.19. The van der Waals surface area contributed by atoms with Crippen molar-refractivity contribution in [3.63, 3.8) is 0 Å². The van der Waals surface area contributed by atoms with Gasteiger partial charge >= 0.3 is 0 Å². The second kappa shape index (κ2) is 6.90. The van der Waals surface area contributed by atoms with Crippen molar-refractivity contribution in [1.29, 1.82) is 0 Å². The van der Waals surface area contributed by atoms with Gasteiger partial charge in [-0.2, -0.15) is 0 Å². The van der Waals surface area contributed by atoms with E-state index in [1.165, 1.54) is 0 Å². The van der Waals surface area contributed by atoms with Crippen LogP contribution in [0.3, 0.4) is 0 Å². The zero-order chi connectivity index (χ0) is 13.5. The maximum atomic E-state index is 11.8. The molecule has 0 radical (unpaired) electrons. The zero-order valence-corrected chi connectivity index (χ0v) is 11.2. The number of amides is 1. The molecule has 98 valence electrons. The molecule has 0 fully saturated rings. The van der Waals surface area contributed by atoms with Crippen LogP contribution >= 0.6 is 11.6 Å². The highest BCUT2D eigenvalue weighted by atomic mass is 35.5. The summed E-state index contributed by atoms with van der Waals surface area (Å²) < 4.78 is 0. The van der Waals surface area contributed by atoms with Crippen LogP contribution in [0.15, 0.2) is 48.8 Å². The molecule has 1 heterocycles. The van der Waals surface area contributed by atoms with Crippen LogP contribution in [0.1, 0.15) is 22.3 Å². The Kier molecular flexibility index (Phi) is 4.93. The number of halogens is 1. The Labute approximate surface area is 117 Å². The number of benzene rings is 1. The van der Waals surface area contributed by atoms with Crippen molar-refractivity contribution in [1.82, 2.24) is 10.3 Å². The Morgan fingerprint density at radius 3 is 2.63 bits per heavy atom. The molecule has 4 heteroatoms. The van der Waals surface area contributed by atoms with Crippen molar-refractivity contribution in [3.05, 3.63) is 64.9 Å². The Balaban J connectivity index is 1.76. The van der Waals surface area contributed by atoms with Crippen molar-refractivity contribution >= 4 is 17.5 Å². The molecule has 19 heavy (non-hydrogen) atoms. The normalized spacial score (nSPS) is 10.2. The quantitative estimate of drug-likeness (QED) is 0.852. The van der Waals surface area contributed by atoms with E-state index in [2.05, 4.69) is 10.3 Å². The largest absolute Gasteiger partial charge is 0.352 e. The Bertz CT molecular complexity index is 543. The minimum Gasteiger partial charge on any atom is -0.352 e. The van der Waals surface area contributed by atoms with Crippen LogP contribution in [-0.2, 0) is 6.42 Å². The molecule has 0 saturated heterocycles. The molecule has 1 aromatic heterocycles. The molecule has 1 aromatic carbocycles. The van der Waals surface area contributed by atoms with E-state index < -0.39 is 0 Å². The average Bonchev–Trinajstić information content (AvgIpc) is 2.46. The number of hydrogen-bond acceptors (Lipinski definition) is 2. The molecule has 2 rings (SSSR count). The van der Waals surface area contributed by atoms with Crippen LogP contribution in [0.2, 0.25) is 5.02 Å². The summed E-state index contributed by atoms with van der Waals surface area (Å²) >= 11 is 6.07. The number of aromatic nitrogens is 1. The molecule has 2 aromatic rings. The second-order valence-corrected chi connectivity index (χ2v) is 4.59. The molecule has 0 aliphatic rings. The van der Waals surface area contributed by atoms with Gasteiger partial charge in [0.05, 0.1) is 0 Å². The smallest absolute Gasteiger partial charge is 0.251 e. The minimum absolute atomic E-state index is 0.0680. The number of aryl methyl sites for hydroxylation is 1.